The first-order chi connectivity index (χ1) is 17.2. The quantitative estimate of drug-likeness (QED) is 0.194. The van der Waals surface area contributed by atoms with Crippen LogP contribution in [0.2, 0.25) is 0 Å². The van der Waals surface area contributed by atoms with Crippen LogP contribution in [0, 0.1) is 0 Å². The highest BCUT2D eigenvalue weighted by Gasteiger charge is 2.10. The van der Waals surface area contributed by atoms with E-state index in [1.165, 1.54) is 85.7 Å². The number of aromatic nitrogens is 1. The summed E-state index contributed by atoms with van der Waals surface area (Å²) >= 11 is 0. The van der Waals surface area contributed by atoms with Gasteiger partial charge in [0.2, 0.25) is 0 Å². The molecule has 0 N–H and O–H groups in total. The zero-order valence-electron chi connectivity index (χ0n) is 22.3. The maximum Gasteiger partial charge on any atom is 0.119 e. The maximum atomic E-state index is 5.94. The minimum atomic E-state index is 0.337. The summed E-state index contributed by atoms with van der Waals surface area (Å²) in [6.07, 6.45) is 16.0. The van der Waals surface area contributed by atoms with E-state index in [0.29, 0.717) is 5.92 Å². The number of ether oxygens (including phenoxy) is 1. The van der Waals surface area contributed by atoms with Gasteiger partial charge in [0.1, 0.15) is 5.75 Å². The molecule has 2 heteroatoms. The Kier molecular flexibility index (Phi) is 11.9. The summed E-state index contributed by atoms with van der Waals surface area (Å²) in [7, 11) is 0. The Hall–Kier alpha value is -2.61. The van der Waals surface area contributed by atoms with Gasteiger partial charge in [-0.1, -0.05) is 115 Å². The highest BCUT2D eigenvalue weighted by Crippen LogP contribution is 2.28. The van der Waals surface area contributed by atoms with Gasteiger partial charge in [-0.2, -0.15) is 0 Å². The first-order valence-corrected chi connectivity index (χ1v) is 14.0. The van der Waals surface area contributed by atoms with E-state index in [1.807, 2.05) is 0 Å². The molecule has 0 amide bonds. The van der Waals surface area contributed by atoms with E-state index in [0.717, 1.165) is 25.2 Å². The molecule has 0 radical (unpaired) electrons. The lowest BCUT2D eigenvalue weighted by molar-refractivity contribution is 0.304. The number of rotatable bonds is 16. The fraction of sp³-hybridized carbons (Fsp3) is 0.485. The van der Waals surface area contributed by atoms with Crippen LogP contribution in [0.4, 0.5) is 0 Å². The van der Waals surface area contributed by atoms with E-state index in [1.54, 1.807) is 0 Å². The molecule has 0 saturated heterocycles. The zero-order chi connectivity index (χ0) is 24.7. The van der Waals surface area contributed by atoms with Crippen LogP contribution in [-0.2, 0) is 6.42 Å². The molecular formula is C33H45NO. The largest absolute Gasteiger partial charge is 0.494 e. The molecule has 1 atom stereocenters. The van der Waals surface area contributed by atoms with E-state index in [-0.39, 0.29) is 0 Å². The number of pyridine rings is 1. The number of nitrogens with zero attached hydrogens (tertiary/aromatic N) is 1. The lowest BCUT2D eigenvalue weighted by atomic mass is 9.92. The van der Waals surface area contributed by atoms with Crippen LogP contribution in [0.25, 0.3) is 11.1 Å². The molecule has 35 heavy (non-hydrogen) atoms. The standard InChI is InChI=1S/C33H45NO/c1-4-6-8-10-11-13-25-35-33-23-20-30(21-24-33)29-17-15-28(16-18-29)27(3)31-19-22-32(34-26-31)14-12-9-7-5-2/h15-24,26-27H,4-14,25H2,1-3H3. The number of hydrogen-bond acceptors (Lipinski definition) is 2. The monoisotopic (exact) mass is 471 g/mol. The Morgan fingerprint density at radius 3 is 1.83 bits per heavy atom. The van der Waals surface area contributed by atoms with Gasteiger partial charge in [0.25, 0.3) is 0 Å². The minimum absolute atomic E-state index is 0.337. The summed E-state index contributed by atoms with van der Waals surface area (Å²) in [6.45, 7) is 7.59. The molecule has 1 aromatic heterocycles. The summed E-state index contributed by atoms with van der Waals surface area (Å²) in [6, 6.07) is 21.9. The van der Waals surface area contributed by atoms with Crippen molar-refractivity contribution < 1.29 is 4.74 Å². The van der Waals surface area contributed by atoms with Crippen molar-refractivity contribution in [3.8, 4) is 16.9 Å². The van der Waals surface area contributed by atoms with E-state index < -0.39 is 0 Å². The van der Waals surface area contributed by atoms with Gasteiger partial charge in [-0.15, -0.1) is 0 Å². The normalized spacial score (nSPS) is 12.0. The van der Waals surface area contributed by atoms with Crippen molar-refractivity contribution in [2.75, 3.05) is 6.61 Å². The molecule has 0 spiro atoms. The number of aryl methyl sites for hydroxylation is 1. The Labute approximate surface area is 214 Å². The fourth-order valence-corrected chi connectivity index (χ4v) is 4.55. The first-order valence-electron chi connectivity index (χ1n) is 14.0. The number of benzene rings is 2. The van der Waals surface area contributed by atoms with Gasteiger partial charge in [0, 0.05) is 17.8 Å². The highest BCUT2D eigenvalue weighted by molar-refractivity contribution is 5.64. The first kappa shape index (κ1) is 27.0. The van der Waals surface area contributed by atoms with E-state index in [2.05, 4.69) is 87.6 Å². The predicted molar refractivity (Wildman–Crippen MR) is 150 cm³/mol. The second-order valence-electron chi connectivity index (χ2n) is 9.88. The van der Waals surface area contributed by atoms with Gasteiger partial charge in [-0.05, 0) is 59.7 Å². The molecular weight excluding hydrogens is 426 g/mol. The molecule has 0 bridgehead atoms. The minimum Gasteiger partial charge on any atom is -0.494 e. The Morgan fingerprint density at radius 2 is 1.20 bits per heavy atom. The molecule has 0 aliphatic rings. The Bertz CT molecular complexity index is 944. The summed E-state index contributed by atoms with van der Waals surface area (Å²) < 4.78 is 5.94. The van der Waals surface area contributed by atoms with Crippen LogP contribution in [0.3, 0.4) is 0 Å². The molecule has 0 fully saturated rings. The van der Waals surface area contributed by atoms with Crippen molar-refractivity contribution in [1.29, 1.82) is 0 Å². The van der Waals surface area contributed by atoms with E-state index in [9.17, 15) is 0 Å². The number of unbranched alkanes of at least 4 members (excludes halogenated alkanes) is 8. The molecule has 188 valence electrons. The van der Waals surface area contributed by atoms with Crippen molar-refractivity contribution in [2.24, 2.45) is 0 Å². The second kappa shape index (κ2) is 15.4. The number of hydrogen-bond donors (Lipinski definition) is 0. The van der Waals surface area contributed by atoms with Crippen LogP contribution in [-0.4, -0.2) is 11.6 Å². The van der Waals surface area contributed by atoms with Crippen LogP contribution >= 0.6 is 0 Å². The third-order valence-corrected chi connectivity index (χ3v) is 7.00. The van der Waals surface area contributed by atoms with E-state index in [4.69, 9.17) is 9.72 Å². The highest BCUT2D eigenvalue weighted by atomic mass is 16.5. The Morgan fingerprint density at radius 1 is 0.629 bits per heavy atom. The van der Waals surface area contributed by atoms with Crippen molar-refractivity contribution in [1.82, 2.24) is 4.98 Å². The van der Waals surface area contributed by atoms with Gasteiger partial charge < -0.3 is 4.74 Å². The van der Waals surface area contributed by atoms with Crippen LogP contribution in [0.5, 0.6) is 5.75 Å². The zero-order valence-corrected chi connectivity index (χ0v) is 22.3. The van der Waals surface area contributed by atoms with Crippen molar-refractivity contribution in [2.45, 2.75) is 97.3 Å². The average molecular weight is 472 g/mol. The molecule has 3 rings (SSSR count). The van der Waals surface area contributed by atoms with Crippen molar-refractivity contribution in [3.05, 3.63) is 83.7 Å². The van der Waals surface area contributed by atoms with Crippen molar-refractivity contribution >= 4 is 0 Å². The van der Waals surface area contributed by atoms with Gasteiger partial charge in [-0.3, -0.25) is 4.98 Å². The van der Waals surface area contributed by atoms with Gasteiger partial charge in [0.15, 0.2) is 0 Å². The summed E-state index contributed by atoms with van der Waals surface area (Å²) in [5, 5.41) is 0. The molecule has 1 heterocycles. The third kappa shape index (κ3) is 9.17. The van der Waals surface area contributed by atoms with Gasteiger partial charge in [0.05, 0.1) is 6.61 Å². The Balaban J connectivity index is 1.48. The van der Waals surface area contributed by atoms with Crippen LogP contribution in [0.1, 0.15) is 108 Å². The summed E-state index contributed by atoms with van der Waals surface area (Å²) in [4.78, 5) is 4.73. The van der Waals surface area contributed by atoms with Crippen LogP contribution < -0.4 is 4.74 Å². The molecule has 1 unspecified atom stereocenters. The summed E-state index contributed by atoms with van der Waals surface area (Å²) in [5.41, 5.74) is 6.29. The molecule has 0 aliphatic carbocycles. The molecule has 3 aromatic rings. The SMILES string of the molecule is CCCCCCCCOc1ccc(-c2ccc(C(C)c3ccc(CCCCCC)nc3)cc2)cc1. The van der Waals surface area contributed by atoms with Gasteiger partial charge in [-0.25, -0.2) is 0 Å². The van der Waals surface area contributed by atoms with Crippen molar-refractivity contribution in [3.63, 3.8) is 0 Å². The molecule has 2 nitrogen and oxygen atoms in total. The lowest BCUT2D eigenvalue weighted by Gasteiger charge is -2.14. The molecule has 0 saturated carbocycles. The van der Waals surface area contributed by atoms with E-state index >= 15 is 0 Å². The smallest absolute Gasteiger partial charge is 0.119 e. The third-order valence-electron chi connectivity index (χ3n) is 7.00. The second-order valence-corrected chi connectivity index (χ2v) is 9.88. The lowest BCUT2D eigenvalue weighted by Crippen LogP contribution is -1.99. The summed E-state index contributed by atoms with van der Waals surface area (Å²) in [5.74, 6) is 1.30. The molecule has 2 aromatic carbocycles. The average Bonchev–Trinajstić information content (AvgIpc) is 2.91. The topological polar surface area (TPSA) is 22.1 Å². The molecule has 0 aliphatic heterocycles. The predicted octanol–water partition coefficient (Wildman–Crippen LogP) is 9.76. The maximum absolute atomic E-state index is 5.94. The van der Waals surface area contributed by atoms with Gasteiger partial charge >= 0.3 is 0 Å². The van der Waals surface area contributed by atoms with Crippen LogP contribution in [0.15, 0.2) is 66.9 Å². The fourth-order valence-electron chi connectivity index (χ4n) is 4.55.